The number of nitrogens with one attached hydrogen (secondary N) is 1. The van der Waals surface area contributed by atoms with Gasteiger partial charge in [-0.3, -0.25) is 14.3 Å². The van der Waals surface area contributed by atoms with Crippen LogP contribution in [-0.2, 0) is 14.8 Å². The molecule has 0 spiro atoms. The number of nitrogens with zero attached hydrogens (tertiary/aromatic N) is 2. The molecule has 1 aliphatic rings. The van der Waals surface area contributed by atoms with Crippen molar-refractivity contribution in [2.75, 3.05) is 20.8 Å². The fourth-order valence-corrected chi connectivity index (χ4v) is 5.24. The molecule has 0 unspecified atom stereocenters. The van der Waals surface area contributed by atoms with Crippen molar-refractivity contribution in [2.45, 2.75) is 32.4 Å². The minimum atomic E-state index is -3.41. The molecule has 35 heavy (non-hydrogen) atoms. The minimum absolute atomic E-state index is 0.104. The van der Waals surface area contributed by atoms with Gasteiger partial charge in [0, 0.05) is 40.6 Å². The fraction of sp³-hybridized carbons (Fsp3) is 0.231. The summed E-state index contributed by atoms with van der Waals surface area (Å²) in [6.45, 7) is 3.49. The average molecular weight is 512 g/mol. The average Bonchev–Trinajstić information content (AvgIpc) is 2.79. The van der Waals surface area contributed by atoms with Gasteiger partial charge in [0.2, 0.25) is 15.9 Å². The SMILES string of the molecule is CC(=O)N(c1ccc(Cl)cc1)[C@@H]1C[C@H](C)N(C(=O)c2ccc(NS(C)(=O)=O)cc2)c2ccccc21. The van der Waals surface area contributed by atoms with Crippen molar-refractivity contribution in [3.63, 3.8) is 0 Å². The Morgan fingerprint density at radius 3 is 2.23 bits per heavy atom. The van der Waals surface area contributed by atoms with Gasteiger partial charge in [-0.1, -0.05) is 29.8 Å². The number of benzene rings is 3. The maximum atomic E-state index is 13.6. The molecule has 0 radical (unpaired) electrons. The van der Waals surface area contributed by atoms with Crippen molar-refractivity contribution in [3.8, 4) is 0 Å². The smallest absolute Gasteiger partial charge is 0.258 e. The summed E-state index contributed by atoms with van der Waals surface area (Å²) in [6, 6.07) is 20.6. The lowest BCUT2D eigenvalue weighted by atomic mass is 9.89. The Hall–Kier alpha value is -3.36. The van der Waals surface area contributed by atoms with E-state index in [1.54, 1.807) is 46.2 Å². The summed E-state index contributed by atoms with van der Waals surface area (Å²) in [5.41, 5.74) is 3.17. The number of carbonyl (C=O) groups excluding carboxylic acids is 2. The van der Waals surface area contributed by atoms with E-state index in [9.17, 15) is 18.0 Å². The zero-order chi connectivity index (χ0) is 25.3. The summed E-state index contributed by atoms with van der Waals surface area (Å²) in [7, 11) is -3.41. The molecule has 0 aliphatic carbocycles. The second-order valence-corrected chi connectivity index (χ2v) is 10.8. The first kappa shape index (κ1) is 24.8. The summed E-state index contributed by atoms with van der Waals surface area (Å²) in [6.07, 6.45) is 1.61. The second-order valence-electron chi connectivity index (χ2n) is 8.65. The molecule has 1 N–H and O–H groups in total. The lowest BCUT2D eigenvalue weighted by molar-refractivity contribution is -0.117. The van der Waals surface area contributed by atoms with Crippen LogP contribution >= 0.6 is 11.6 Å². The number of amides is 2. The van der Waals surface area contributed by atoms with E-state index in [1.807, 2.05) is 43.3 Å². The van der Waals surface area contributed by atoms with Crippen molar-refractivity contribution < 1.29 is 18.0 Å². The summed E-state index contributed by atoms with van der Waals surface area (Å²) in [4.78, 5) is 29.8. The minimum Gasteiger partial charge on any atom is -0.305 e. The van der Waals surface area contributed by atoms with Gasteiger partial charge in [0.15, 0.2) is 0 Å². The molecule has 1 aliphatic heterocycles. The topological polar surface area (TPSA) is 86.8 Å². The van der Waals surface area contributed by atoms with Crippen molar-refractivity contribution >= 4 is 50.5 Å². The largest absolute Gasteiger partial charge is 0.305 e. The first-order valence-corrected chi connectivity index (χ1v) is 13.4. The van der Waals surface area contributed by atoms with Gasteiger partial charge in [-0.15, -0.1) is 0 Å². The molecular weight excluding hydrogens is 486 g/mol. The van der Waals surface area contributed by atoms with E-state index < -0.39 is 10.0 Å². The third-order valence-corrected chi connectivity index (χ3v) is 6.83. The maximum absolute atomic E-state index is 13.6. The molecule has 4 rings (SSSR count). The number of sulfonamides is 1. The molecule has 1 heterocycles. The molecule has 0 fully saturated rings. The number of hydrogen-bond donors (Lipinski definition) is 1. The van der Waals surface area contributed by atoms with Crippen LogP contribution in [0.4, 0.5) is 17.1 Å². The zero-order valence-corrected chi connectivity index (χ0v) is 21.2. The van der Waals surface area contributed by atoms with Crippen LogP contribution < -0.4 is 14.5 Å². The summed E-state index contributed by atoms with van der Waals surface area (Å²) < 4.78 is 25.4. The number of rotatable bonds is 5. The quantitative estimate of drug-likeness (QED) is 0.507. The molecule has 0 bridgehead atoms. The predicted octanol–water partition coefficient (Wildman–Crippen LogP) is 5.24. The lowest BCUT2D eigenvalue weighted by Crippen LogP contribution is -2.47. The molecule has 3 aromatic rings. The Morgan fingerprint density at radius 1 is 1.00 bits per heavy atom. The molecule has 0 saturated carbocycles. The number of para-hydroxylation sites is 1. The Morgan fingerprint density at radius 2 is 1.63 bits per heavy atom. The van der Waals surface area contributed by atoms with Crippen molar-refractivity contribution in [1.82, 2.24) is 0 Å². The number of hydrogen-bond acceptors (Lipinski definition) is 4. The van der Waals surface area contributed by atoms with Gasteiger partial charge in [-0.05, 0) is 73.5 Å². The van der Waals surface area contributed by atoms with E-state index >= 15 is 0 Å². The fourth-order valence-electron chi connectivity index (χ4n) is 4.55. The monoisotopic (exact) mass is 511 g/mol. The van der Waals surface area contributed by atoms with Gasteiger partial charge in [-0.25, -0.2) is 8.42 Å². The van der Waals surface area contributed by atoms with E-state index in [1.165, 1.54) is 6.92 Å². The van der Waals surface area contributed by atoms with E-state index in [0.717, 1.165) is 23.2 Å². The molecular formula is C26H26ClN3O4S. The first-order valence-electron chi connectivity index (χ1n) is 11.1. The Labute approximate surface area is 210 Å². The van der Waals surface area contributed by atoms with Crippen LogP contribution in [0.1, 0.15) is 42.2 Å². The van der Waals surface area contributed by atoms with Crippen LogP contribution in [0.3, 0.4) is 0 Å². The van der Waals surface area contributed by atoms with E-state index in [-0.39, 0.29) is 23.9 Å². The predicted molar refractivity (Wildman–Crippen MR) is 140 cm³/mol. The zero-order valence-electron chi connectivity index (χ0n) is 19.6. The van der Waals surface area contributed by atoms with Crippen molar-refractivity contribution in [2.24, 2.45) is 0 Å². The van der Waals surface area contributed by atoms with Crippen LogP contribution in [0.2, 0.25) is 5.02 Å². The highest BCUT2D eigenvalue weighted by Gasteiger charge is 2.38. The second kappa shape index (κ2) is 9.71. The summed E-state index contributed by atoms with van der Waals surface area (Å²) in [5, 5.41) is 0.587. The van der Waals surface area contributed by atoms with E-state index in [4.69, 9.17) is 11.6 Å². The highest BCUT2D eigenvalue weighted by Crippen LogP contribution is 2.42. The van der Waals surface area contributed by atoms with Crippen molar-refractivity contribution in [1.29, 1.82) is 0 Å². The highest BCUT2D eigenvalue weighted by atomic mass is 35.5. The molecule has 2 amide bonds. The van der Waals surface area contributed by atoms with Gasteiger partial charge in [0.05, 0.1) is 12.3 Å². The molecule has 182 valence electrons. The van der Waals surface area contributed by atoms with E-state index in [0.29, 0.717) is 22.7 Å². The molecule has 7 nitrogen and oxygen atoms in total. The number of anilines is 3. The third kappa shape index (κ3) is 5.33. The van der Waals surface area contributed by atoms with Crippen LogP contribution in [0.5, 0.6) is 0 Å². The molecule has 9 heteroatoms. The van der Waals surface area contributed by atoms with Crippen LogP contribution in [-0.4, -0.2) is 32.5 Å². The van der Waals surface area contributed by atoms with Crippen LogP contribution in [0, 0.1) is 0 Å². The normalized spacial score (nSPS) is 17.4. The van der Waals surface area contributed by atoms with Gasteiger partial charge < -0.3 is 9.80 Å². The molecule has 2 atom stereocenters. The number of fused-ring (bicyclic) bond motifs is 1. The molecule has 3 aromatic carbocycles. The number of halogens is 1. The van der Waals surface area contributed by atoms with Gasteiger partial charge >= 0.3 is 0 Å². The van der Waals surface area contributed by atoms with Crippen molar-refractivity contribution in [3.05, 3.63) is 88.9 Å². The Kier molecular flexibility index (Phi) is 6.87. The van der Waals surface area contributed by atoms with Crippen LogP contribution in [0.15, 0.2) is 72.8 Å². The Bertz CT molecular complexity index is 1360. The summed E-state index contributed by atoms with van der Waals surface area (Å²) in [5.74, 6) is -0.303. The standard InChI is InChI=1S/C26H26ClN3O4S/c1-17-16-25(30(18(2)31)22-14-10-20(27)11-15-22)23-6-4-5-7-24(23)29(17)26(32)19-8-12-21(13-9-19)28-35(3,33)34/h4-15,17,25,28H,16H2,1-3H3/t17-,25+/m0/s1. The first-order chi connectivity index (χ1) is 16.5. The van der Waals surface area contributed by atoms with Crippen LogP contribution in [0.25, 0.3) is 0 Å². The third-order valence-electron chi connectivity index (χ3n) is 5.97. The highest BCUT2D eigenvalue weighted by molar-refractivity contribution is 7.92. The van der Waals surface area contributed by atoms with E-state index in [2.05, 4.69) is 4.72 Å². The van der Waals surface area contributed by atoms with Gasteiger partial charge in [0.25, 0.3) is 5.91 Å². The number of carbonyl (C=O) groups is 2. The molecule has 0 saturated heterocycles. The maximum Gasteiger partial charge on any atom is 0.258 e. The van der Waals surface area contributed by atoms with Gasteiger partial charge in [0.1, 0.15) is 0 Å². The Balaban J connectivity index is 1.70. The van der Waals surface area contributed by atoms with Gasteiger partial charge in [-0.2, -0.15) is 0 Å². The summed E-state index contributed by atoms with van der Waals surface area (Å²) >= 11 is 6.06. The lowest BCUT2D eigenvalue weighted by Gasteiger charge is -2.43. The molecule has 0 aromatic heterocycles.